The zero-order valence-corrected chi connectivity index (χ0v) is 14.7. The van der Waals surface area contributed by atoms with Crippen molar-refractivity contribution in [2.45, 2.75) is 26.8 Å². The van der Waals surface area contributed by atoms with Gasteiger partial charge in [0.15, 0.2) is 0 Å². The molecule has 2 aromatic heterocycles. The van der Waals surface area contributed by atoms with Crippen molar-refractivity contribution in [3.05, 3.63) is 47.8 Å². The van der Waals surface area contributed by atoms with Crippen molar-refractivity contribution in [3.8, 4) is 0 Å². The molecule has 6 heteroatoms. The molecule has 3 aromatic rings. The first-order valence-corrected chi connectivity index (χ1v) is 8.88. The minimum absolute atomic E-state index is 0.337. The van der Waals surface area contributed by atoms with Crippen molar-refractivity contribution < 1.29 is 0 Å². The molecule has 5 nitrogen and oxygen atoms in total. The average Bonchev–Trinajstić information content (AvgIpc) is 3.09. The molecule has 0 radical (unpaired) electrons. The van der Waals surface area contributed by atoms with Gasteiger partial charge in [0.05, 0.1) is 17.9 Å². The number of nitrogens with zero attached hydrogens (tertiary/aromatic N) is 4. The third-order valence-electron chi connectivity index (χ3n) is 4.05. The maximum Gasteiger partial charge on any atom is 0.214 e. The Balaban J connectivity index is 1.76. The molecule has 3 rings (SSSR count). The number of aryl methyl sites for hydroxylation is 1. The van der Waals surface area contributed by atoms with Gasteiger partial charge in [-0.05, 0) is 25.6 Å². The number of rotatable bonds is 7. The maximum atomic E-state index is 4.55. The summed E-state index contributed by atoms with van der Waals surface area (Å²) in [5.41, 5.74) is 2.33. The van der Waals surface area contributed by atoms with Crippen molar-refractivity contribution in [1.82, 2.24) is 19.5 Å². The van der Waals surface area contributed by atoms with Crippen LogP contribution in [-0.4, -0.2) is 39.1 Å². The molecule has 0 aliphatic rings. The Bertz CT molecular complexity index is 713. The molecule has 1 aromatic carbocycles. The molecule has 0 spiro atoms. The van der Waals surface area contributed by atoms with Crippen LogP contribution in [0.3, 0.4) is 0 Å². The van der Waals surface area contributed by atoms with Crippen LogP contribution in [0.5, 0.6) is 0 Å². The minimum Gasteiger partial charge on any atom is -0.358 e. The van der Waals surface area contributed by atoms with Gasteiger partial charge in [0.1, 0.15) is 0 Å². The van der Waals surface area contributed by atoms with Crippen LogP contribution in [0.2, 0.25) is 0 Å². The molecule has 0 saturated carbocycles. The van der Waals surface area contributed by atoms with Gasteiger partial charge in [-0.3, -0.25) is 4.90 Å². The number of hydrogen-bond donors (Lipinski definition) is 1. The summed E-state index contributed by atoms with van der Waals surface area (Å²) >= 11 is 1.59. The Morgan fingerprint density at radius 2 is 1.96 bits per heavy atom. The second kappa shape index (κ2) is 7.10. The van der Waals surface area contributed by atoms with Crippen LogP contribution in [0, 0.1) is 6.92 Å². The molecular formula is C17H23N5S. The van der Waals surface area contributed by atoms with E-state index in [4.69, 9.17) is 0 Å². The van der Waals surface area contributed by atoms with Crippen LogP contribution in [0.15, 0.2) is 36.5 Å². The zero-order chi connectivity index (χ0) is 16.2. The van der Waals surface area contributed by atoms with Crippen molar-refractivity contribution >= 4 is 21.4 Å². The molecule has 0 bridgehead atoms. The van der Waals surface area contributed by atoms with E-state index in [2.05, 4.69) is 64.5 Å². The molecule has 0 unspecified atom stereocenters. The molecular weight excluding hydrogens is 306 g/mol. The van der Waals surface area contributed by atoms with Crippen LogP contribution < -0.4 is 5.32 Å². The Labute approximate surface area is 141 Å². The summed E-state index contributed by atoms with van der Waals surface area (Å²) in [4.78, 5) is 7.85. The van der Waals surface area contributed by atoms with Crippen molar-refractivity contribution in [3.63, 3.8) is 0 Å². The Morgan fingerprint density at radius 1 is 1.22 bits per heavy atom. The highest BCUT2D eigenvalue weighted by Crippen LogP contribution is 2.23. The van der Waals surface area contributed by atoms with E-state index in [-0.39, 0.29) is 0 Å². The predicted molar refractivity (Wildman–Crippen MR) is 96.2 cm³/mol. The van der Waals surface area contributed by atoms with E-state index in [1.807, 2.05) is 17.6 Å². The summed E-state index contributed by atoms with van der Waals surface area (Å²) in [5, 5.41) is 8.96. The van der Waals surface area contributed by atoms with Crippen molar-refractivity contribution in [2.24, 2.45) is 0 Å². The lowest BCUT2D eigenvalue weighted by molar-refractivity contribution is 0.228. The molecule has 0 amide bonds. The van der Waals surface area contributed by atoms with Crippen LogP contribution in [0.25, 0.3) is 4.96 Å². The number of imidazole rings is 1. The van der Waals surface area contributed by atoms with Gasteiger partial charge < -0.3 is 5.32 Å². The van der Waals surface area contributed by atoms with Crippen LogP contribution in [0.1, 0.15) is 31.1 Å². The highest BCUT2D eigenvalue weighted by molar-refractivity contribution is 7.20. The topological polar surface area (TPSA) is 45.5 Å². The fourth-order valence-corrected chi connectivity index (χ4v) is 3.70. The second-order valence-corrected chi connectivity index (χ2v) is 6.50. The average molecular weight is 329 g/mol. The first kappa shape index (κ1) is 16.0. The molecule has 122 valence electrons. The number of likely N-dealkylation sites (N-methyl/N-ethyl adjacent to an activating group) is 1. The van der Waals surface area contributed by atoms with E-state index < -0.39 is 0 Å². The Kier molecular flexibility index (Phi) is 4.93. The molecule has 23 heavy (non-hydrogen) atoms. The largest absolute Gasteiger partial charge is 0.358 e. The summed E-state index contributed by atoms with van der Waals surface area (Å²) in [6.45, 7) is 9.29. The van der Waals surface area contributed by atoms with E-state index in [1.165, 1.54) is 5.56 Å². The fraction of sp³-hybridized carbons (Fsp3) is 0.412. The van der Waals surface area contributed by atoms with E-state index in [9.17, 15) is 0 Å². The zero-order valence-electron chi connectivity index (χ0n) is 13.9. The lowest BCUT2D eigenvalue weighted by Crippen LogP contribution is -2.33. The fourth-order valence-electron chi connectivity index (χ4n) is 2.86. The quantitative estimate of drug-likeness (QED) is 0.719. The standard InChI is InChI=1S/C17H23N5S/c1-4-21(5-2)15(14-9-7-6-8-10-14)11-18-16-20-22-12-13(3)19-17(22)23-16/h6-10,12,15H,4-5,11H2,1-3H3,(H,18,20)/t15-/m0/s1. The summed E-state index contributed by atoms with van der Waals surface area (Å²) in [6.07, 6.45) is 1.95. The third kappa shape index (κ3) is 3.54. The first-order chi connectivity index (χ1) is 11.2. The van der Waals surface area contributed by atoms with Gasteiger partial charge in [0.25, 0.3) is 0 Å². The molecule has 1 atom stereocenters. The Morgan fingerprint density at radius 3 is 2.61 bits per heavy atom. The van der Waals surface area contributed by atoms with E-state index >= 15 is 0 Å². The second-order valence-electron chi connectivity index (χ2n) is 5.55. The van der Waals surface area contributed by atoms with Gasteiger partial charge >= 0.3 is 0 Å². The van der Waals surface area contributed by atoms with Crippen LogP contribution in [-0.2, 0) is 0 Å². The molecule has 0 aliphatic carbocycles. The maximum absolute atomic E-state index is 4.55. The summed E-state index contributed by atoms with van der Waals surface area (Å²) in [5.74, 6) is 0. The lowest BCUT2D eigenvalue weighted by Gasteiger charge is -2.30. The third-order valence-corrected chi connectivity index (χ3v) is 4.93. The smallest absolute Gasteiger partial charge is 0.214 e. The number of aromatic nitrogens is 3. The summed E-state index contributed by atoms with van der Waals surface area (Å²) in [6, 6.07) is 11.0. The molecule has 2 heterocycles. The number of anilines is 1. The van der Waals surface area contributed by atoms with Gasteiger partial charge in [-0.15, -0.1) is 5.10 Å². The molecule has 0 fully saturated rings. The Hall–Kier alpha value is -1.92. The van der Waals surface area contributed by atoms with Gasteiger partial charge in [-0.2, -0.15) is 0 Å². The number of hydrogen-bond acceptors (Lipinski definition) is 5. The molecule has 1 N–H and O–H groups in total. The van der Waals surface area contributed by atoms with Gasteiger partial charge in [0.2, 0.25) is 10.1 Å². The van der Waals surface area contributed by atoms with E-state index in [0.29, 0.717) is 6.04 Å². The van der Waals surface area contributed by atoms with Gasteiger partial charge in [0, 0.05) is 6.54 Å². The first-order valence-electron chi connectivity index (χ1n) is 8.07. The summed E-state index contributed by atoms with van der Waals surface area (Å²) < 4.78 is 1.84. The molecule has 0 saturated heterocycles. The van der Waals surface area contributed by atoms with Crippen molar-refractivity contribution in [2.75, 3.05) is 25.0 Å². The SMILES string of the molecule is CCN(CC)[C@@H](CNc1nn2cc(C)nc2s1)c1ccccc1. The number of fused-ring (bicyclic) bond motifs is 1. The highest BCUT2D eigenvalue weighted by atomic mass is 32.1. The highest BCUT2D eigenvalue weighted by Gasteiger charge is 2.18. The minimum atomic E-state index is 0.337. The van der Waals surface area contributed by atoms with Crippen LogP contribution >= 0.6 is 11.3 Å². The normalized spacial score (nSPS) is 12.9. The monoisotopic (exact) mass is 329 g/mol. The van der Waals surface area contributed by atoms with E-state index in [0.717, 1.165) is 35.4 Å². The van der Waals surface area contributed by atoms with E-state index in [1.54, 1.807) is 11.3 Å². The van der Waals surface area contributed by atoms with Gasteiger partial charge in [-0.1, -0.05) is 55.5 Å². The lowest BCUT2D eigenvalue weighted by atomic mass is 10.1. The van der Waals surface area contributed by atoms with Crippen LogP contribution in [0.4, 0.5) is 5.13 Å². The predicted octanol–water partition coefficient (Wildman–Crippen LogP) is 3.59. The number of nitrogens with one attached hydrogen (secondary N) is 1. The summed E-state index contributed by atoms with van der Waals surface area (Å²) in [7, 11) is 0. The van der Waals surface area contributed by atoms with Crippen molar-refractivity contribution in [1.29, 1.82) is 0 Å². The van der Waals surface area contributed by atoms with Gasteiger partial charge in [-0.25, -0.2) is 9.50 Å². The molecule has 0 aliphatic heterocycles. The number of benzene rings is 1.